The van der Waals surface area contributed by atoms with Crippen molar-refractivity contribution in [1.82, 2.24) is 25.1 Å². The molecule has 2 N–H and O–H groups in total. The summed E-state index contributed by atoms with van der Waals surface area (Å²) < 4.78 is 5.74. The Morgan fingerprint density at radius 3 is 3.05 bits per heavy atom. The molecule has 0 unspecified atom stereocenters. The second-order valence-electron chi connectivity index (χ2n) is 4.62. The number of carbonyl (C=O) groups is 1. The van der Waals surface area contributed by atoms with Crippen LogP contribution >= 0.6 is 0 Å². The predicted molar refractivity (Wildman–Crippen MR) is 74.8 cm³/mol. The molecule has 110 valence electrons. The van der Waals surface area contributed by atoms with Crippen LogP contribution in [0.5, 0.6) is 0 Å². The van der Waals surface area contributed by atoms with Crippen LogP contribution in [0.1, 0.15) is 22.3 Å². The van der Waals surface area contributed by atoms with Crippen molar-refractivity contribution < 1.29 is 9.53 Å². The molecule has 1 atom stereocenters. The number of carbonyl (C=O) groups excluding carboxylic acids is 1. The molecule has 1 saturated heterocycles. The largest absolute Gasteiger partial charge is 0.372 e. The maximum Gasteiger partial charge on any atom is 0.272 e. The number of aromatic amines is 1. The molecule has 1 amide bonds. The summed E-state index contributed by atoms with van der Waals surface area (Å²) >= 11 is 0. The van der Waals surface area contributed by atoms with E-state index >= 15 is 0 Å². The minimum Gasteiger partial charge on any atom is -0.372 e. The summed E-state index contributed by atoms with van der Waals surface area (Å²) in [5.74, 6) is 0.578. The number of hydrogen-bond donors (Lipinski definition) is 2. The minimum absolute atomic E-state index is 0.0873. The molecule has 3 rings (SSSR count). The zero-order chi connectivity index (χ0) is 14.7. The molecule has 3 heterocycles. The van der Waals surface area contributed by atoms with E-state index in [9.17, 15) is 4.79 Å². The smallest absolute Gasteiger partial charge is 0.272 e. The van der Waals surface area contributed by atoms with Crippen molar-refractivity contribution in [3.05, 3.63) is 36.0 Å². The number of ether oxygens (including phenoxy) is 1. The maximum absolute atomic E-state index is 12.3. The van der Waals surface area contributed by atoms with Gasteiger partial charge in [0.25, 0.3) is 5.91 Å². The average Bonchev–Trinajstić information content (AvgIpc) is 3.08. The second kappa shape index (κ2) is 5.88. The number of amides is 1. The summed E-state index contributed by atoms with van der Waals surface area (Å²) in [6, 6.07) is 1.66. The number of nitrogens with one attached hydrogen (secondary N) is 2. The average molecular weight is 288 g/mol. The van der Waals surface area contributed by atoms with Gasteiger partial charge in [0.2, 0.25) is 0 Å². The summed E-state index contributed by atoms with van der Waals surface area (Å²) in [6.07, 6.45) is 4.51. The fraction of sp³-hybridized carbons (Fsp3) is 0.385. The number of rotatable bonds is 3. The minimum atomic E-state index is -0.290. The van der Waals surface area contributed by atoms with Gasteiger partial charge in [-0.2, -0.15) is 5.10 Å². The molecule has 21 heavy (non-hydrogen) atoms. The second-order valence-corrected chi connectivity index (χ2v) is 4.62. The number of H-pyrrole nitrogens is 1. The van der Waals surface area contributed by atoms with Crippen LogP contribution in [0.15, 0.2) is 24.7 Å². The van der Waals surface area contributed by atoms with Gasteiger partial charge in [-0.3, -0.25) is 14.9 Å². The van der Waals surface area contributed by atoms with Crippen LogP contribution in [0.3, 0.4) is 0 Å². The number of morpholine rings is 1. The molecule has 0 spiro atoms. The lowest BCUT2D eigenvalue weighted by atomic mass is 10.2. The maximum atomic E-state index is 12.3. The first-order chi connectivity index (χ1) is 10.3. The van der Waals surface area contributed by atoms with E-state index in [1.165, 1.54) is 0 Å². The van der Waals surface area contributed by atoms with Gasteiger partial charge < -0.3 is 15.0 Å². The van der Waals surface area contributed by atoms with Crippen molar-refractivity contribution in [2.24, 2.45) is 0 Å². The highest BCUT2D eigenvalue weighted by Crippen LogP contribution is 2.25. The molecule has 1 aliphatic heterocycles. The van der Waals surface area contributed by atoms with Gasteiger partial charge in [-0.15, -0.1) is 0 Å². The van der Waals surface area contributed by atoms with Gasteiger partial charge in [0.05, 0.1) is 13.2 Å². The van der Waals surface area contributed by atoms with Gasteiger partial charge in [0, 0.05) is 32.2 Å². The van der Waals surface area contributed by atoms with Crippen molar-refractivity contribution in [3.8, 4) is 0 Å². The molecule has 0 aromatic carbocycles. The summed E-state index contributed by atoms with van der Waals surface area (Å²) in [6.45, 7) is 1.44. The monoisotopic (exact) mass is 288 g/mol. The van der Waals surface area contributed by atoms with Gasteiger partial charge in [-0.1, -0.05) is 0 Å². The van der Waals surface area contributed by atoms with E-state index in [1.807, 2.05) is 0 Å². The van der Waals surface area contributed by atoms with Crippen molar-refractivity contribution in [2.75, 3.05) is 32.1 Å². The first-order valence-electron chi connectivity index (χ1n) is 6.68. The third-order valence-electron chi connectivity index (χ3n) is 3.35. The Labute approximate surface area is 121 Å². The van der Waals surface area contributed by atoms with E-state index in [-0.39, 0.29) is 12.0 Å². The van der Waals surface area contributed by atoms with Crippen molar-refractivity contribution in [2.45, 2.75) is 6.10 Å². The Kier molecular flexibility index (Phi) is 3.78. The fourth-order valence-electron chi connectivity index (χ4n) is 2.32. The summed E-state index contributed by atoms with van der Waals surface area (Å²) in [7, 11) is 1.78. The van der Waals surface area contributed by atoms with E-state index in [0.717, 1.165) is 0 Å². The van der Waals surface area contributed by atoms with Crippen LogP contribution in [0.4, 0.5) is 5.82 Å². The highest BCUT2D eigenvalue weighted by atomic mass is 16.5. The molecule has 2 aromatic heterocycles. The van der Waals surface area contributed by atoms with E-state index in [0.29, 0.717) is 36.9 Å². The Morgan fingerprint density at radius 2 is 2.29 bits per heavy atom. The molecule has 8 nitrogen and oxygen atoms in total. The third kappa shape index (κ3) is 2.70. The zero-order valence-electron chi connectivity index (χ0n) is 11.6. The van der Waals surface area contributed by atoms with Crippen molar-refractivity contribution in [1.29, 1.82) is 0 Å². The predicted octanol–water partition coefficient (Wildman–Crippen LogP) is 0.455. The molecule has 0 radical (unpaired) electrons. The quantitative estimate of drug-likeness (QED) is 0.851. The highest BCUT2D eigenvalue weighted by Gasteiger charge is 2.29. The number of nitrogens with zero attached hydrogens (tertiary/aromatic N) is 4. The van der Waals surface area contributed by atoms with Gasteiger partial charge >= 0.3 is 0 Å². The Hall–Kier alpha value is -2.48. The van der Waals surface area contributed by atoms with Crippen LogP contribution in [-0.4, -0.2) is 57.7 Å². The topological polar surface area (TPSA) is 96.0 Å². The SMILES string of the molecule is CNc1nccnc1[C@H]1CN(C(=O)c2ccn[nH]2)CCO1. The standard InChI is InChI=1S/C13H16N6O2/c1-14-12-11(15-4-5-16-12)10-8-19(6-7-21-10)13(20)9-2-3-17-18-9/h2-5,10H,6-8H2,1H3,(H,14,16)(H,17,18)/t10-/m1/s1. The molecular formula is C13H16N6O2. The normalized spacial score (nSPS) is 18.5. The number of anilines is 1. The van der Waals surface area contributed by atoms with E-state index in [4.69, 9.17) is 4.74 Å². The van der Waals surface area contributed by atoms with Crippen LogP contribution in [0, 0.1) is 0 Å². The third-order valence-corrected chi connectivity index (χ3v) is 3.35. The Morgan fingerprint density at radius 1 is 1.43 bits per heavy atom. The van der Waals surface area contributed by atoms with Crippen molar-refractivity contribution in [3.63, 3.8) is 0 Å². The van der Waals surface area contributed by atoms with Gasteiger partial charge in [0.15, 0.2) is 0 Å². The summed E-state index contributed by atoms with van der Waals surface area (Å²) in [5.41, 5.74) is 1.19. The van der Waals surface area contributed by atoms with Gasteiger partial charge in [0.1, 0.15) is 23.3 Å². The molecule has 1 fully saturated rings. The van der Waals surface area contributed by atoms with Gasteiger partial charge in [-0.05, 0) is 6.07 Å². The van der Waals surface area contributed by atoms with E-state index < -0.39 is 0 Å². The summed E-state index contributed by atoms with van der Waals surface area (Å²) in [4.78, 5) is 22.6. The summed E-state index contributed by atoms with van der Waals surface area (Å²) in [5, 5.41) is 9.49. The van der Waals surface area contributed by atoms with Crippen LogP contribution in [0.2, 0.25) is 0 Å². The molecule has 1 aliphatic rings. The lowest BCUT2D eigenvalue weighted by Crippen LogP contribution is -2.42. The van der Waals surface area contributed by atoms with E-state index in [2.05, 4.69) is 25.5 Å². The first-order valence-corrected chi connectivity index (χ1v) is 6.68. The van der Waals surface area contributed by atoms with Crippen molar-refractivity contribution >= 4 is 11.7 Å². The molecule has 2 aromatic rings. The Bertz CT molecular complexity index is 615. The van der Waals surface area contributed by atoms with Gasteiger partial charge in [-0.25, -0.2) is 4.98 Å². The molecule has 0 aliphatic carbocycles. The zero-order valence-corrected chi connectivity index (χ0v) is 11.6. The molecule has 0 saturated carbocycles. The van der Waals surface area contributed by atoms with Crippen LogP contribution < -0.4 is 5.32 Å². The fourth-order valence-corrected chi connectivity index (χ4v) is 2.32. The number of hydrogen-bond acceptors (Lipinski definition) is 6. The lowest BCUT2D eigenvalue weighted by Gasteiger charge is -2.32. The molecular weight excluding hydrogens is 272 g/mol. The van der Waals surface area contributed by atoms with Crippen LogP contribution in [-0.2, 0) is 4.74 Å². The molecule has 8 heteroatoms. The van der Waals surface area contributed by atoms with E-state index in [1.54, 1.807) is 36.6 Å². The molecule has 0 bridgehead atoms. The highest BCUT2D eigenvalue weighted by molar-refractivity contribution is 5.92. The Balaban J connectivity index is 1.78. The lowest BCUT2D eigenvalue weighted by molar-refractivity contribution is -0.0247. The van der Waals surface area contributed by atoms with Crippen LogP contribution in [0.25, 0.3) is 0 Å². The number of aromatic nitrogens is 4. The first kappa shape index (κ1) is 13.5.